The zero-order chi connectivity index (χ0) is 21.8. The van der Waals surface area contributed by atoms with Crippen molar-refractivity contribution >= 4 is 29.3 Å². The largest absolute Gasteiger partial charge is 0.463 e. The second kappa shape index (κ2) is 8.99. The Labute approximate surface area is 180 Å². The lowest BCUT2D eigenvalue weighted by atomic mass is 10.00. The number of carbonyl (C=O) groups is 2. The van der Waals surface area contributed by atoms with Gasteiger partial charge in [-0.2, -0.15) is 0 Å². The van der Waals surface area contributed by atoms with Crippen molar-refractivity contribution in [3.63, 3.8) is 0 Å². The lowest BCUT2D eigenvalue weighted by molar-refractivity contribution is -0.138. The minimum Gasteiger partial charge on any atom is -0.463 e. The van der Waals surface area contributed by atoms with Gasteiger partial charge in [-0.3, -0.25) is 4.79 Å². The molecule has 1 fully saturated rings. The fourth-order valence-electron chi connectivity index (χ4n) is 3.95. The third-order valence-corrected chi connectivity index (χ3v) is 5.45. The van der Waals surface area contributed by atoms with Gasteiger partial charge >= 0.3 is 5.97 Å². The molecule has 1 unspecified atom stereocenters. The van der Waals surface area contributed by atoms with E-state index in [0.717, 1.165) is 41.0 Å². The smallest absolute Gasteiger partial charge is 0.334 e. The van der Waals surface area contributed by atoms with Crippen LogP contribution in [0.4, 0.5) is 11.4 Å². The van der Waals surface area contributed by atoms with Crippen LogP contribution in [0.15, 0.2) is 58.4 Å². The molecule has 2 aliphatic rings. The number of rotatable bonds is 5. The van der Waals surface area contributed by atoms with Crippen molar-refractivity contribution in [2.24, 2.45) is 16.2 Å². The summed E-state index contributed by atoms with van der Waals surface area (Å²) in [5, 5.41) is 10.6. The predicted octanol–water partition coefficient (Wildman–Crippen LogP) is 3.89. The van der Waals surface area contributed by atoms with Gasteiger partial charge in [-0.15, -0.1) is 5.11 Å². The van der Waals surface area contributed by atoms with Gasteiger partial charge in [0, 0.05) is 36.3 Å². The molecule has 2 aromatic rings. The van der Waals surface area contributed by atoms with Gasteiger partial charge < -0.3 is 20.8 Å². The summed E-state index contributed by atoms with van der Waals surface area (Å²) in [7, 11) is 0. The summed E-state index contributed by atoms with van der Waals surface area (Å²) in [5.74, 6) is 5.03. The summed E-state index contributed by atoms with van der Waals surface area (Å²) in [4.78, 5) is 26.2. The number of nitrogens with one attached hydrogen (secondary N) is 1. The Hall–Kier alpha value is -3.68. The average molecular weight is 419 g/mol. The number of amides is 1. The number of nitrogens with zero attached hydrogens (tertiary/aromatic N) is 3. The Morgan fingerprint density at radius 1 is 1.23 bits per heavy atom. The van der Waals surface area contributed by atoms with E-state index in [4.69, 9.17) is 10.6 Å². The topological polar surface area (TPSA) is 109 Å². The van der Waals surface area contributed by atoms with Gasteiger partial charge in [-0.25, -0.2) is 4.79 Å². The van der Waals surface area contributed by atoms with Crippen LogP contribution in [0.1, 0.15) is 31.7 Å². The lowest BCUT2D eigenvalue weighted by Crippen LogP contribution is -2.23. The van der Waals surface area contributed by atoms with Crippen molar-refractivity contribution in [1.82, 2.24) is 0 Å². The van der Waals surface area contributed by atoms with Crippen LogP contribution in [-0.2, 0) is 14.3 Å². The van der Waals surface area contributed by atoms with Crippen LogP contribution in [0.3, 0.4) is 0 Å². The Morgan fingerprint density at radius 2 is 2.00 bits per heavy atom. The zero-order valence-corrected chi connectivity index (χ0v) is 17.4. The number of fused-ring (bicyclic) bond motifs is 1. The van der Waals surface area contributed by atoms with Crippen molar-refractivity contribution in [2.75, 3.05) is 23.4 Å². The molecule has 0 saturated carbocycles. The fourth-order valence-corrected chi connectivity index (χ4v) is 3.95. The van der Waals surface area contributed by atoms with Crippen molar-refractivity contribution in [3.05, 3.63) is 53.6 Å². The molecule has 8 heteroatoms. The summed E-state index contributed by atoms with van der Waals surface area (Å²) in [6.45, 7) is 2.84. The van der Waals surface area contributed by atoms with Gasteiger partial charge in [-0.1, -0.05) is 23.4 Å². The van der Waals surface area contributed by atoms with Crippen molar-refractivity contribution in [2.45, 2.75) is 32.4 Å². The molecule has 1 saturated heterocycles. The highest BCUT2D eigenvalue weighted by Gasteiger charge is 2.23. The van der Waals surface area contributed by atoms with E-state index in [2.05, 4.69) is 15.7 Å². The monoisotopic (exact) mass is 419 g/mol. The third kappa shape index (κ3) is 4.42. The van der Waals surface area contributed by atoms with Gasteiger partial charge in [-0.05, 0) is 60.4 Å². The molecule has 2 aromatic carbocycles. The maximum absolute atomic E-state index is 12.4. The molecule has 0 spiro atoms. The normalized spacial score (nSPS) is 18.4. The van der Waals surface area contributed by atoms with Gasteiger partial charge in [0.25, 0.3) is 0 Å². The quantitative estimate of drug-likeness (QED) is 0.331. The van der Waals surface area contributed by atoms with Gasteiger partial charge in [0.1, 0.15) is 6.17 Å². The Balaban J connectivity index is 1.66. The Kier molecular flexibility index (Phi) is 5.97. The summed E-state index contributed by atoms with van der Waals surface area (Å²) in [6, 6.07) is 13.9. The van der Waals surface area contributed by atoms with E-state index in [9.17, 15) is 9.59 Å². The summed E-state index contributed by atoms with van der Waals surface area (Å²) < 4.78 is 5.19. The first-order valence-corrected chi connectivity index (χ1v) is 10.4. The number of esters is 1. The zero-order valence-electron chi connectivity index (χ0n) is 17.4. The number of ether oxygens (including phenoxy) is 1. The van der Waals surface area contributed by atoms with Crippen LogP contribution in [0, 0.1) is 0 Å². The molecule has 8 nitrogen and oxygen atoms in total. The Bertz CT molecular complexity index is 1050. The molecule has 0 bridgehead atoms. The SMILES string of the molecule is CCOC(=O)C1=Cc2cc(-c3ccc(N4CCCC4=O)cc3)ccc2NC(N=NN)C1. The van der Waals surface area contributed by atoms with Crippen LogP contribution in [0.25, 0.3) is 17.2 Å². The van der Waals surface area contributed by atoms with Gasteiger partial charge in [0.15, 0.2) is 0 Å². The second-order valence-corrected chi connectivity index (χ2v) is 7.48. The maximum atomic E-state index is 12.4. The molecule has 31 heavy (non-hydrogen) atoms. The van der Waals surface area contributed by atoms with Crippen molar-refractivity contribution in [3.8, 4) is 11.1 Å². The van der Waals surface area contributed by atoms with Crippen LogP contribution in [-0.4, -0.2) is 31.2 Å². The second-order valence-electron chi connectivity index (χ2n) is 7.48. The number of hydrogen-bond donors (Lipinski definition) is 2. The maximum Gasteiger partial charge on any atom is 0.334 e. The van der Waals surface area contributed by atoms with Crippen molar-refractivity contribution < 1.29 is 14.3 Å². The highest BCUT2D eigenvalue weighted by molar-refractivity contribution is 5.96. The fraction of sp³-hybridized carbons (Fsp3) is 0.304. The van der Waals surface area contributed by atoms with Crippen LogP contribution in [0.2, 0.25) is 0 Å². The standard InChI is InChI=1S/C23H25N5O3/c1-2-31-23(30)18-13-17-12-16(7-10-20(17)25-21(14-18)26-27-24)15-5-8-19(9-6-15)28-11-3-4-22(28)29/h5-10,12-13,21,25H,2-4,11,14H2,1H3,(H2,24,26). The average Bonchev–Trinajstić information content (AvgIpc) is 3.11. The number of hydrogen-bond acceptors (Lipinski definition) is 6. The molecular formula is C23H25N5O3. The number of carbonyl (C=O) groups excluding carboxylic acids is 2. The highest BCUT2D eigenvalue weighted by atomic mass is 16.5. The van der Waals surface area contributed by atoms with Gasteiger partial charge in [0.2, 0.25) is 5.91 Å². The molecule has 160 valence electrons. The van der Waals surface area contributed by atoms with Crippen LogP contribution >= 0.6 is 0 Å². The molecular weight excluding hydrogens is 394 g/mol. The summed E-state index contributed by atoms with van der Waals surface area (Å²) in [5.41, 5.74) is 5.13. The lowest BCUT2D eigenvalue weighted by Gasteiger charge is -2.16. The first-order chi connectivity index (χ1) is 15.1. The van der Waals surface area contributed by atoms with Gasteiger partial charge in [0.05, 0.1) is 6.61 Å². The minimum atomic E-state index is -0.454. The molecule has 3 N–H and O–H groups in total. The summed E-state index contributed by atoms with van der Waals surface area (Å²) >= 11 is 0. The molecule has 0 aliphatic carbocycles. The highest BCUT2D eigenvalue weighted by Crippen LogP contribution is 2.32. The molecule has 2 heterocycles. The first-order valence-electron chi connectivity index (χ1n) is 10.4. The van der Waals surface area contributed by atoms with Crippen LogP contribution < -0.4 is 16.1 Å². The molecule has 0 aromatic heterocycles. The molecule has 1 amide bonds. The van der Waals surface area contributed by atoms with E-state index in [1.54, 1.807) is 6.92 Å². The predicted molar refractivity (Wildman–Crippen MR) is 119 cm³/mol. The van der Waals surface area contributed by atoms with E-state index >= 15 is 0 Å². The van der Waals surface area contributed by atoms with E-state index in [0.29, 0.717) is 25.0 Å². The van der Waals surface area contributed by atoms with E-state index in [1.165, 1.54) is 0 Å². The number of nitrogens with two attached hydrogens (primary N) is 1. The summed E-state index contributed by atoms with van der Waals surface area (Å²) in [6.07, 6.45) is 3.21. The van der Waals surface area contributed by atoms with E-state index in [1.807, 2.05) is 53.4 Å². The number of benzene rings is 2. The molecule has 1 atom stereocenters. The molecule has 0 radical (unpaired) electrons. The van der Waals surface area contributed by atoms with E-state index < -0.39 is 6.17 Å². The van der Waals surface area contributed by atoms with E-state index in [-0.39, 0.29) is 11.9 Å². The minimum absolute atomic E-state index is 0.171. The number of anilines is 2. The third-order valence-electron chi connectivity index (χ3n) is 5.45. The van der Waals surface area contributed by atoms with Crippen LogP contribution in [0.5, 0.6) is 0 Å². The van der Waals surface area contributed by atoms with Crippen molar-refractivity contribution in [1.29, 1.82) is 0 Å². The Morgan fingerprint density at radius 3 is 2.68 bits per heavy atom. The molecule has 2 aliphatic heterocycles. The first kappa shape index (κ1) is 20.6. The molecule has 4 rings (SSSR count).